The molecule has 1 N–H and O–H groups in total. The first-order valence-electron chi connectivity index (χ1n) is 10.4. The smallest absolute Gasteiger partial charge is 0.115 e. The summed E-state index contributed by atoms with van der Waals surface area (Å²) in [6, 6.07) is 7.68. The molecule has 0 amide bonds. The average molecular weight is 349 g/mol. The van der Waals surface area contributed by atoms with Gasteiger partial charge in [0.05, 0.1) is 5.60 Å². The summed E-state index contributed by atoms with van der Waals surface area (Å²) in [5, 5.41) is 9.46. The van der Waals surface area contributed by atoms with E-state index in [2.05, 4.69) is 20.8 Å². The molecular formula is C23H40O2. The standard InChI is InChI=1S/C23H40O2/c1-5-8-9-10-11-12-13-21(23(6-2,7-3)25-4)17-14-20-15-18-22(24)19-16-20/h15-16,18-19,21,24H,5-14,17H2,1-4H3. The lowest BCUT2D eigenvalue weighted by molar-refractivity contribution is -0.0704. The van der Waals surface area contributed by atoms with E-state index in [1.54, 1.807) is 12.1 Å². The normalized spacial score (nSPS) is 13.1. The van der Waals surface area contributed by atoms with Gasteiger partial charge in [0.15, 0.2) is 0 Å². The third-order valence-electron chi connectivity index (χ3n) is 5.97. The third-order valence-corrected chi connectivity index (χ3v) is 5.97. The molecular weight excluding hydrogens is 308 g/mol. The van der Waals surface area contributed by atoms with E-state index in [1.807, 2.05) is 19.2 Å². The van der Waals surface area contributed by atoms with E-state index in [1.165, 1.54) is 50.5 Å². The van der Waals surface area contributed by atoms with E-state index in [0.29, 0.717) is 11.7 Å². The Labute approximate surface area is 156 Å². The number of phenols is 1. The van der Waals surface area contributed by atoms with Crippen molar-refractivity contribution in [2.45, 2.75) is 97.0 Å². The molecule has 0 aliphatic heterocycles. The van der Waals surface area contributed by atoms with E-state index in [0.717, 1.165) is 25.7 Å². The van der Waals surface area contributed by atoms with Crippen molar-refractivity contribution in [2.24, 2.45) is 5.92 Å². The Hall–Kier alpha value is -1.02. The van der Waals surface area contributed by atoms with Gasteiger partial charge in [0.1, 0.15) is 5.75 Å². The number of hydrogen-bond acceptors (Lipinski definition) is 2. The van der Waals surface area contributed by atoms with Crippen LogP contribution in [0.15, 0.2) is 24.3 Å². The number of aryl methyl sites for hydroxylation is 1. The summed E-state index contributed by atoms with van der Waals surface area (Å²) >= 11 is 0. The van der Waals surface area contributed by atoms with Crippen LogP contribution >= 0.6 is 0 Å². The lowest BCUT2D eigenvalue weighted by Crippen LogP contribution is -2.39. The Balaban J connectivity index is 2.61. The summed E-state index contributed by atoms with van der Waals surface area (Å²) in [5.41, 5.74) is 1.32. The molecule has 1 atom stereocenters. The van der Waals surface area contributed by atoms with Crippen LogP contribution < -0.4 is 0 Å². The van der Waals surface area contributed by atoms with E-state index in [9.17, 15) is 5.11 Å². The van der Waals surface area contributed by atoms with Crippen LogP contribution in [0.3, 0.4) is 0 Å². The lowest BCUT2D eigenvalue weighted by Gasteiger charge is -2.39. The Morgan fingerprint density at radius 3 is 2.04 bits per heavy atom. The van der Waals surface area contributed by atoms with Crippen LogP contribution in [0.2, 0.25) is 0 Å². The van der Waals surface area contributed by atoms with Crippen molar-refractivity contribution >= 4 is 0 Å². The van der Waals surface area contributed by atoms with Crippen LogP contribution in [-0.4, -0.2) is 17.8 Å². The number of unbranched alkanes of at least 4 members (excludes halogenated alkanes) is 5. The van der Waals surface area contributed by atoms with Gasteiger partial charge in [-0.3, -0.25) is 0 Å². The molecule has 0 saturated carbocycles. The Bertz CT molecular complexity index is 426. The molecule has 1 rings (SSSR count). The van der Waals surface area contributed by atoms with Crippen molar-refractivity contribution < 1.29 is 9.84 Å². The number of aromatic hydroxyl groups is 1. The van der Waals surface area contributed by atoms with Crippen LogP contribution in [0.1, 0.15) is 90.5 Å². The van der Waals surface area contributed by atoms with Gasteiger partial charge >= 0.3 is 0 Å². The van der Waals surface area contributed by atoms with Gasteiger partial charge in [-0.1, -0.05) is 71.4 Å². The fourth-order valence-corrected chi connectivity index (χ4v) is 4.13. The van der Waals surface area contributed by atoms with Crippen LogP contribution in [0.25, 0.3) is 0 Å². The van der Waals surface area contributed by atoms with Crippen molar-refractivity contribution in [3.05, 3.63) is 29.8 Å². The van der Waals surface area contributed by atoms with Gasteiger partial charge in [-0.25, -0.2) is 0 Å². The molecule has 144 valence electrons. The summed E-state index contributed by atoms with van der Waals surface area (Å²) < 4.78 is 6.06. The maximum Gasteiger partial charge on any atom is 0.115 e. The molecule has 1 unspecified atom stereocenters. The second-order valence-electron chi connectivity index (χ2n) is 7.43. The van der Waals surface area contributed by atoms with Crippen LogP contribution in [0.4, 0.5) is 0 Å². The predicted octanol–water partition coefficient (Wildman–Crippen LogP) is 6.90. The minimum absolute atomic E-state index is 0.0142. The minimum atomic E-state index is 0.0142. The zero-order valence-electron chi connectivity index (χ0n) is 17.0. The molecule has 25 heavy (non-hydrogen) atoms. The molecule has 0 aliphatic rings. The quantitative estimate of drug-likeness (QED) is 0.371. The van der Waals surface area contributed by atoms with Crippen molar-refractivity contribution in [1.82, 2.24) is 0 Å². The largest absolute Gasteiger partial charge is 0.508 e. The van der Waals surface area contributed by atoms with Gasteiger partial charge in [-0.2, -0.15) is 0 Å². The van der Waals surface area contributed by atoms with Crippen molar-refractivity contribution in [3.63, 3.8) is 0 Å². The zero-order valence-corrected chi connectivity index (χ0v) is 17.0. The molecule has 0 heterocycles. The number of ether oxygens (including phenoxy) is 1. The number of hydrogen-bond donors (Lipinski definition) is 1. The Kier molecular flexibility index (Phi) is 10.9. The number of methoxy groups -OCH3 is 1. The second-order valence-corrected chi connectivity index (χ2v) is 7.43. The molecule has 0 spiro atoms. The number of rotatable bonds is 14. The van der Waals surface area contributed by atoms with Crippen LogP contribution in [-0.2, 0) is 11.2 Å². The molecule has 0 bridgehead atoms. The molecule has 1 aromatic rings. The topological polar surface area (TPSA) is 29.5 Å². The van der Waals surface area contributed by atoms with Gasteiger partial charge in [-0.05, 0) is 55.7 Å². The van der Waals surface area contributed by atoms with Gasteiger partial charge in [0.2, 0.25) is 0 Å². The highest BCUT2D eigenvalue weighted by molar-refractivity contribution is 5.25. The summed E-state index contributed by atoms with van der Waals surface area (Å²) in [5.74, 6) is 0.952. The van der Waals surface area contributed by atoms with Crippen molar-refractivity contribution in [3.8, 4) is 5.75 Å². The van der Waals surface area contributed by atoms with E-state index in [4.69, 9.17) is 4.74 Å². The highest BCUT2D eigenvalue weighted by Gasteiger charge is 2.34. The fourth-order valence-electron chi connectivity index (χ4n) is 4.13. The van der Waals surface area contributed by atoms with Crippen LogP contribution in [0, 0.1) is 5.92 Å². The first-order chi connectivity index (χ1) is 12.1. The van der Waals surface area contributed by atoms with Gasteiger partial charge in [0.25, 0.3) is 0 Å². The Morgan fingerprint density at radius 1 is 0.880 bits per heavy atom. The van der Waals surface area contributed by atoms with Gasteiger partial charge in [0, 0.05) is 7.11 Å². The second kappa shape index (κ2) is 12.4. The highest BCUT2D eigenvalue weighted by atomic mass is 16.5. The monoisotopic (exact) mass is 348 g/mol. The Morgan fingerprint density at radius 2 is 1.48 bits per heavy atom. The molecule has 0 aliphatic carbocycles. The summed E-state index contributed by atoms with van der Waals surface area (Å²) in [7, 11) is 1.89. The molecule has 0 aromatic heterocycles. The molecule has 0 saturated heterocycles. The SMILES string of the molecule is CCCCCCCCC(CCc1ccc(O)cc1)C(CC)(CC)OC. The summed E-state index contributed by atoms with van der Waals surface area (Å²) in [4.78, 5) is 0. The molecule has 2 nitrogen and oxygen atoms in total. The first kappa shape index (κ1) is 22.0. The summed E-state index contributed by atoms with van der Waals surface area (Å²) in [6.45, 7) is 6.80. The van der Waals surface area contributed by atoms with Crippen molar-refractivity contribution in [2.75, 3.05) is 7.11 Å². The van der Waals surface area contributed by atoms with E-state index >= 15 is 0 Å². The average Bonchev–Trinajstić information content (AvgIpc) is 2.64. The summed E-state index contributed by atoms with van der Waals surface area (Å²) in [6.07, 6.45) is 13.7. The van der Waals surface area contributed by atoms with Gasteiger partial charge in [-0.15, -0.1) is 0 Å². The van der Waals surface area contributed by atoms with E-state index < -0.39 is 0 Å². The number of phenolic OH excluding ortho intramolecular Hbond substituents is 1. The molecule has 0 fully saturated rings. The number of benzene rings is 1. The lowest BCUT2D eigenvalue weighted by atomic mass is 9.76. The van der Waals surface area contributed by atoms with Crippen LogP contribution in [0.5, 0.6) is 5.75 Å². The molecule has 1 aromatic carbocycles. The maximum atomic E-state index is 9.46. The minimum Gasteiger partial charge on any atom is -0.508 e. The van der Waals surface area contributed by atoms with E-state index in [-0.39, 0.29) is 5.60 Å². The highest BCUT2D eigenvalue weighted by Crippen LogP contribution is 2.36. The maximum absolute atomic E-state index is 9.46. The third kappa shape index (κ3) is 7.40. The zero-order chi connectivity index (χ0) is 18.5. The van der Waals surface area contributed by atoms with Crippen molar-refractivity contribution in [1.29, 1.82) is 0 Å². The molecule has 2 heteroatoms. The predicted molar refractivity (Wildman–Crippen MR) is 108 cm³/mol. The fraction of sp³-hybridized carbons (Fsp3) is 0.739. The van der Waals surface area contributed by atoms with Gasteiger partial charge < -0.3 is 9.84 Å². The molecule has 0 radical (unpaired) electrons. The first-order valence-corrected chi connectivity index (χ1v) is 10.4.